The lowest BCUT2D eigenvalue weighted by molar-refractivity contribution is -0.142. The van der Waals surface area contributed by atoms with Gasteiger partial charge in [-0.15, -0.1) is 0 Å². The SMILES string of the molecule is O=C(O)COCCOCCOCCOCCCNC(=O)OCC1c2ccccc2-c2ccccc21. The van der Waals surface area contributed by atoms with Crippen LogP contribution >= 0.6 is 0 Å². The first kappa shape index (κ1) is 26.6. The Bertz CT molecular complexity index is 890. The van der Waals surface area contributed by atoms with E-state index < -0.39 is 12.1 Å². The van der Waals surface area contributed by atoms with Crippen LogP contribution < -0.4 is 5.32 Å². The fraction of sp³-hybridized carbons (Fsp3) is 0.462. The first-order chi connectivity index (χ1) is 17.2. The number of carboxylic acid groups (broad SMARTS) is 1. The van der Waals surface area contributed by atoms with Crippen LogP contribution in [0, 0.1) is 0 Å². The number of carbonyl (C=O) groups excluding carboxylic acids is 1. The molecule has 0 spiro atoms. The Morgan fingerprint density at radius 2 is 1.26 bits per heavy atom. The molecule has 0 aliphatic heterocycles. The third-order valence-corrected chi connectivity index (χ3v) is 5.42. The molecule has 0 aromatic heterocycles. The topological polar surface area (TPSA) is 113 Å². The minimum absolute atomic E-state index is 0.0483. The van der Waals surface area contributed by atoms with Crippen LogP contribution in [0.3, 0.4) is 0 Å². The number of alkyl carbamates (subject to hydrolysis) is 1. The summed E-state index contributed by atoms with van der Waals surface area (Å²) in [6.45, 7) is 3.23. The number of hydrogen-bond acceptors (Lipinski definition) is 7. The number of ether oxygens (including phenoxy) is 5. The van der Waals surface area contributed by atoms with Gasteiger partial charge in [0.25, 0.3) is 0 Å². The average Bonchev–Trinajstić information content (AvgIpc) is 3.18. The predicted octanol–water partition coefficient (Wildman–Crippen LogP) is 3.07. The van der Waals surface area contributed by atoms with E-state index in [9.17, 15) is 9.59 Å². The molecule has 190 valence electrons. The molecule has 0 bridgehead atoms. The molecule has 2 N–H and O–H groups in total. The Balaban J connectivity index is 1.17. The van der Waals surface area contributed by atoms with Crippen molar-refractivity contribution in [3.05, 3.63) is 59.7 Å². The maximum absolute atomic E-state index is 12.1. The number of benzene rings is 2. The number of carboxylic acids is 1. The lowest BCUT2D eigenvalue weighted by atomic mass is 9.98. The predicted molar refractivity (Wildman–Crippen MR) is 129 cm³/mol. The molecule has 1 aliphatic rings. The van der Waals surface area contributed by atoms with E-state index in [0.29, 0.717) is 59.2 Å². The largest absolute Gasteiger partial charge is 0.480 e. The zero-order valence-electron chi connectivity index (χ0n) is 19.8. The summed E-state index contributed by atoms with van der Waals surface area (Å²) in [7, 11) is 0. The van der Waals surface area contributed by atoms with Crippen LogP contribution in [0.4, 0.5) is 4.79 Å². The summed E-state index contributed by atoms with van der Waals surface area (Å²) in [6, 6.07) is 16.5. The Morgan fingerprint density at radius 1 is 0.743 bits per heavy atom. The van der Waals surface area contributed by atoms with E-state index in [2.05, 4.69) is 29.6 Å². The number of fused-ring (bicyclic) bond motifs is 3. The van der Waals surface area contributed by atoms with Crippen LogP contribution in [0.1, 0.15) is 23.5 Å². The zero-order chi connectivity index (χ0) is 24.7. The lowest BCUT2D eigenvalue weighted by Gasteiger charge is -2.14. The molecule has 9 nitrogen and oxygen atoms in total. The van der Waals surface area contributed by atoms with Crippen LogP contribution in [-0.2, 0) is 28.5 Å². The second-order valence-corrected chi connectivity index (χ2v) is 7.89. The standard InChI is InChI=1S/C26H33NO8/c28-25(29)19-34-17-16-33-15-14-32-13-12-31-11-5-10-27-26(30)35-18-24-22-8-3-1-6-20(22)21-7-2-4-9-23(21)24/h1-4,6-9,24H,5,10-19H2,(H,27,30)(H,28,29). The van der Waals surface area contributed by atoms with Crippen molar-refractivity contribution >= 4 is 12.1 Å². The summed E-state index contributed by atoms with van der Waals surface area (Å²) in [5.41, 5.74) is 4.78. The molecule has 0 fully saturated rings. The van der Waals surface area contributed by atoms with E-state index in [0.717, 1.165) is 0 Å². The third-order valence-electron chi connectivity index (χ3n) is 5.42. The van der Waals surface area contributed by atoms with Crippen LogP contribution in [0.2, 0.25) is 0 Å². The van der Waals surface area contributed by atoms with Crippen LogP contribution in [-0.4, -0.2) is 83.2 Å². The fourth-order valence-corrected chi connectivity index (χ4v) is 3.83. The Labute approximate surface area is 205 Å². The van der Waals surface area contributed by atoms with Crippen molar-refractivity contribution in [2.75, 3.05) is 66.0 Å². The summed E-state index contributed by atoms with van der Waals surface area (Å²) in [5, 5.41) is 11.2. The second kappa shape index (κ2) is 15.1. The number of carbonyl (C=O) groups is 2. The molecule has 0 atom stereocenters. The molecular weight excluding hydrogens is 454 g/mol. The molecule has 0 radical (unpaired) electrons. The molecular formula is C26H33NO8. The monoisotopic (exact) mass is 487 g/mol. The molecule has 9 heteroatoms. The Kier molecular flexibility index (Phi) is 11.5. The highest BCUT2D eigenvalue weighted by Gasteiger charge is 2.28. The Hall–Kier alpha value is -2.98. The number of hydrogen-bond donors (Lipinski definition) is 2. The molecule has 0 heterocycles. The van der Waals surface area contributed by atoms with Crippen molar-refractivity contribution < 1.29 is 38.4 Å². The second-order valence-electron chi connectivity index (χ2n) is 7.89. The van der Waals surface area contributed by atoms with Gasteiger partial charge in [-0.05, 0) is 28.7 Å². The highest BCUT2D eigenvalue weighted by Crippen LogP contribution is 2.44. The van der Waals surface area contributed by atoms with Crippen LogP contribution in [0.15, 0.2) is 48.5 Å². The van der Waals surface area contributed by atoms with Gasteiger partial charge < -0.3 is 34.1 Å². The molecule has 35 heavy (non-hydrogen) atoms. The number of amides is 1. The van der Waals surface area contributed by atoms with E-state index in [1.807, 2.05) is 24.3 Å². The first-order valence-corrected chi connectivity index (χ1v) is 11.8. The number of rotatable bonds is 17. The highest BCUT2D eigenvalue weighted by molar-refractivity contribution is 5.79. The summed E-state index contributed by atoms with van der Waals surface area (Å²) in [5.74, 6) is -0.950. The normalized spacial score (nSPS) is 12.2. The van der Waals surface area contributed by atoms with E-state index >= 15 is 0 Å². The molecule has 1 aliphatic carbocycles. The van der Waals surface area contributed by atoms with Crippen molar-refractivity contribution in [3.8, 4) is 11.1 Å². The number of aliphatic carboxylic acids is 1. The van der Waals surface area contributed by atoms with Crippen molar-refractivity contribution in [2.45, 2.75) is 12.3 Å². The van der Waals surface area contributed by atoms with E-state index in [1.165, 1.54) is 22.3 Å². The van der Waals surface area contributed by atoms with Crippen LogP contribution in [0.5, 0.6) is 0 Å². The first-order valence-electron chi connectivity index (χ1n) is 11.8. The van der Waals surface area contributed by atoms with Gasteiger partial charge in [0.1, 0.15) is 13.2 Å². The van der Waals surface area contributed by atoms with Crippen LogP contribution in [0.25, 0.3) is 11.1 Å². The summed E-state index contributed by atoms with van der Waals surface area (Å²) < 4.78 is 26.5. The van der Waals surface area contributed by atoms with Gasteiger partial charge in [0.15, 0.2) is 0 Å². The Morgan fingerprint density at radius 3 is 1.83 bits per heavy atom. The van der Waals surface area contributed by atoms with Gasteiger partial charge in [0, 0.05) is 19.1 Å². The van der Waals surface area contributed by atoms with E-state index in [1.54, 1.807) is 0 Å². The van der Waals surface area contributed by atoms with E-state index in [-0.39, 0.29) is 19.1 Å². The highest BCUT2D eigenvalue weighted by atomic mass is 16.6. The maximum atomic E-state index is 12.1. The molecule has 0 saturated carbocycles. The molecule has 2 aromatic rings. The van der Waals surface area contributed by atoms with Gasteiger partial charge in [-0.1, -0.05) is 48.5 Å². The minimum atomic E-state index is -0.999. The van der Waals surface area contributed by atoms with Gasteiger partial charge in [-0.3, -0.25) is 0 Å². The van der Waals surface area contributed by atoms with Crippen molar-refractivity contribution in [1.29, 1.82) is 0 Å². The summed E-state index contributed by atoms with van der Waals surface area (Å²) in [6.07, 6.45) is 0.243. The molecule has 0 unspecified atom stereocenters. The van der Waals surface area contributed by atoms with Crippen molar-refractivity contribution in [1.82, 2.24) is 5.32 Å². The van der Waals surface area contributed by atoms with Crippen molar-refractivity contribution in [2.24, 2.45) is 0 Å². The van der Waals surface area contributed by atoms with Gasteiger partial charge >= 0.3 is 12.1 Å². The van der Waals surface area contributed by atoms with E-state index in [4.69, 9.17) is 28.8 Å². The summed E-state index contributed by atoms with van der Waals surface area (Å²) >= 11 is 0. The third kappa shape index (κ3) is 8.95. The molecule has 1 amide bonds. The molecule has 2 aromatic carbocycles. The van der Waals surface area contributed by atoms with Gasteiger partial charge in [-0.2, -0.15) is 0 Å². The minimum Gasteiger partial charge on any atom is -0.480 e. The maximum Gasteiger partial charge on any atom is 0.407 e. The van der Waals surface area contributed by atoms with Crippen molar-refractivity contribution in [3.63, 3.8) is 0 Å². The van der Waals surface area contributed by atoms with Gasteiger partial charge in [0.05, 0.1) is 39.6 Å². The lowest BCUT2D eigenvalue weighted by Crippen LogP contribution is -2.27. The quantitative estimate of drug-likeness (QED) is 0.328. The smallest absolute Gasteiger partial charge is 0.407 e. The summed E-state index contributed by atoms with van der Waals surface area (Å²) in [4.78, 5) is 22.4. The molecule has 0 saturated heterocycles. The zero-order valence-corrected chi connectivity index (χ0v) is 19.8. The van der Waals surface area contributed by atoms with Gasteiger partial charge in [-0.25, -0.2) is 9.59 Å². The fourth-order valence-electron chi connectivity index (χ4n) is 3.83. The average molecular weight is 488 g/mol. The molecule has 3 rings (SSSR count). The van der Waals surface area contributed by atoms with Gasteiger partial charge in [0.2, 0.25) is 0 Å². The number of nitrogens with one attached hydrogen (secondary N) is 1.